The molecule has 2 aromatic rings. The molecule has 28 heavy (non-hydrogen) atoms. The second-order valence-electron chi connectivity index (χ2n) is 7.42. The molecule has 0 aliphatic carbocycles. The highest BCUT2D eigenvalue weighted by Crippen LogP contribution is 2.37. The van der Waals surface area contributed by atoms with Crippen LogP contribution in [0.4, 0.5) is 11.4 Å². The summed E-state index contributed by atoms with van der Waals surface area (Å²) in [5.41, 5.74) is 4.11. The first-order valence-corrected chi connectivity index (χ1v) is 10.5. The van der Waals surface area contributed by atoms with Crippen molar-refractivity contribution in [1.82, 2.24) is 0 Å². The first kappa shape index (κ1) is 19.4. The number of nitrogens with zero attached hydrogens (tertiary/aromatic N) is 1. The van der Waals surface area contributed by atoms with E-state index in [1.807, 2.05) is 36.4 Å². The van der Waals surface area contributed by atoms with Gasteiger partial charge in [0.1, 0.15) is 0 Å². The van der Waals surface area contributed by atoms with Gasteiger partial charge in [-0.2, -0.15) is 0 Å². The summed E-state index contributed by atoms with van der Waals surface area (Å²) in [7, 11) is 0. The standard InChI is InChI=1S/C22H25BrN2O3/c1-16-3-2-4-19(24-20(26)15-17-5-7-18(23)8-6-17)21(16)25-11-9-22(10-12-25)27-13-14-28-22/h2-8H,9-15H2,1H3,(H,24,26). The molecular weight excluding hydrogens is 420 g/mol. The van der Waals surface area contributed by atoms with Crippen molar-refractivity contribution in [3.8, 4) is 0 Å². The summed E-state index contributed by atoms with van der Waals surface area (Å²) in [6, 6.07) is 13.9. The van der Waals surface area contributed by atoms with Crippen molar-refractivity contribution < 1.29 is 14.3 Å². The molecule has 2 aromatic carbocycles. The van der Waals surface area contributed by atoms with Crippen LogP contribution in [0, 0.1) is 6.92 Å². The van der Waals surface area contributed by atoms with Crippen LogP contribution in [0.1, 0.15) is 24.0 Å². The van der Waals surface area contributed by atoms with Gasteiger partial charge in [-0.3, -0.25) is 4.79 Å². The summed E-state index contributed by atoms with van der Waals surface area (Å²) in [4.78, 5) is 15.0. The summed E-state index contributed by atoms with van der Waals surface area (Å²) >= 11 is 3.43. The van der Waals surface area contributed by atoms with Gasteiger partial charge in [0.2, 0.25) is 5.91 Å². The molecule has 2 aliphatic rings. The third kappa shape index (κ3) is 4.24. The van der Waals surface area contributed by atoms with Crippen molar-refractivity contribution in [2.75, 3.05) is 36.5 Å². The van der Waals surface area contributed by atoms with E-state index in [1.54, 1.807) is 0 Å². The molecule has 1 N–H and O–H groups in total. The van der Waals surface area contributed by atoms with E-state index in [0.29, 0.717) is 19.6 Å². The monoisotopic (exact) mass is 444 g/mol. The Kier molecular flexibility index (Phi) is 5.71. The summed E-state index contributed by atoms with van der Waals surface area (Å²) in [6.07, 6.45) is 2.03. The van der Waals surface area contributed by atoms with Crippen LogP contribution in [0.15, 0.2) is 46.9 Å². The van der Waals surface area contributed by atoms with Gasteiger partial charge < -0.3 is 19.7 Å². The molecule has 2 heterocycles. The van der Waals surface area contributed by atoms with Crippen LogP contribution in [0.5, 0.6) is 0 Å². The van der Waals surface area contributed by atoms with Gasteiger partial charge in [-0.1, -0.05) is 40.2 Å². The Morgan fingerprint density at radius 2 is 1.79 bits per heavy atom. The quantitative estimate of drug-likeness (QED) is 0.764. The predicted molar refractivity (Wildman–Crippen MR) is 114 cm³/mol. The van der Waals surface area contributed by atoms with E-state index in [9.17, 15) is 4.79 Å². The average molecular weight is 445 g/mol. The lowest BCUT2D eigenvalue weighted by atomic mass is 10.0. The van der Waals surface area contributed by atoms with Gasteiger partial charge in [0, 0.05) is 30.4 Å². The number of rotatable bonds is 4. The molecule has 0 radical (unpaired) electrons. The summed E-state index contributed by atoms with van der Waals surface area (Å²) < 4.78 is 12.7. The van der Waals surface area contributed by atoms with E-state index in [0.717, 1.165) is 52.9 Å². The number of para-hydroxylation sites is 1. The van der Waals surface area contributed by atoms with E-state index in [-0.39, 0.29) is 5.91 Å². The number of ether oxygens (including phenoxy) is 2. The molecule has 0 aromatic heterocycles. The molecule has 148 valence electrons. The van der Waals surface area contributed by atoms with Crippen LogP contribution in [0.3, 0.4) is 0 Å². The van der Waals surface area contributed by atoms with Crippen molar-refractivity contribution in [1.29, 1.82) is 0 Å². The minimum absolute atomic E-state index is 0.00916. The van der Waals surface area contributed by atoms with Gasteiger partial charge in [0.05, 0.1) is 31.0 Å². The van der Waals surface area contributed by atoms with E-state index >= 15 is 0 Å². The van der Waals surface area contributed by atoms with Crippen LogP contribution >= 0.6 is 15.9 Å². The zero-order valence-electron chi connectivity index (χ0n) is 16.0. The Morgan fingerprint density at radius 3 is 2.46 bits per heavy atom. The predicted octanol–water partition coefficient (Wildman–Crippen LogP) is 4.28. The molecular formula is C22H25BrN2O3. The Morgan fingerprint density at radius 1 is 1.11 bits per heavy atom. The number of anilines is 2. The van der Waals surface area contributed by atoms with Gasteiger partial charge in [0.15, 0.2) is 5.79 Å². The number of hydrogen-bond donors (Lipinski definition) is 1. The lowest BCUT2D eigenvalue weighted by Crippen LogP contribution is -2.45. The number of piperidine rings is 1. The van der Waals surface area contributed by atoms with Crippen molar-refractivity contribution >= 4 is 33.2 Å². The Bertz CT molecular complexity index is 837. The van der Waals surface area contributed by atoms with Crippen LogP contribution in [-0.4, -0.2) is 38.0 Å². The van der Waals surface area contributed by atoms with Gasteiger partial charge in [-0.25, -0.2) is 0 Å². The topological polar surface area (TPSA) is 50.8 Å². The van der Waals surface area contributed by atoms with Gasteiger partial charge in [0.25, 0.3) is 0 Å². The third-order valence-corrected chi connectivity index (χ3v) is 5.97. The van der Waals surface area contributed by atoms with Crippen LogP contribution in [0.2, 0.25) is 0 Å². The lowest BCUT2D eigenvalue weighted by molar-refractivity contribution is -0.169. The van der Waals surface area contributed by atoms with E-state index in [2.05, 4.69) is 39.1 Å². The molecule has 5 nitrogen and oxygen atoms in total. The SMILES string of the molecule is Cc1cccc(NC(=O)Cc2ccc(Br)cc2)c1N1CCC2(CC1)OCCO2. The zero-order valence-corrected chi connectivity index (χ0v) is 17.6. The molecule has 2 fully saturated rings. The molecule has 0 saturated carbocycles. The van der Waals surface area contributed by atoms with Crippen LogP contribution in [0.25, 0.3) is 0 Å². The number of benzene rings is 2. The maximum Gasteiger partial charge on any atom is 0.228 e. The zero-order chi connectivity index (χ0) is 19.6. The molecule has 0 atom stereocenters. The van der Waals surface area contributed by atoms with Crippen molar-refractivity contribution in [3.63, 3.8) is 0 Å². The smallest absolute Gasteiger partial charge is 0.228 e. The minimum Gasteiger partial charge on any atom is -0.369 e. The summed E-state index contributed by atoms with van der Waals surface area (Å²) in [5.74, 6) is -0.408. The number of halogens is 1. The van der Waals surface area contributed by atoms with Gasteiger partial charge in [-0.15, -0.1) is 0 Å². The average Bonchev–Trinajstić information content (AvgIpc) is 3.13. The molecule has 1 spiro atoms. The lowest BCUT2D eigenvalue weighted by Gasteiger charge is -2.40. The van der Waals surface area contributed by atoms with Crippen molar-refractivity contribution in [2.24, 2.45) is 0 Å². The van der Waals surface area contributed by atoms with E-state index in [1.165, 1.54) is 0 Å². The van der Waals surface area contributed by atoms with Crippen molar-refractivity contribution in [2.45, 2.75) is 32.0 Å². The molecule has 2 saturated heterocycles. The fourth-order valence-electron chi connectivity index (χ4n) is 4.02. The normalized spacial score (nSPS) is 18.4. The Hall–Kier alpha value is -1.89. The Balaban J connectivity index is 1.47. The summed E-state index contributed by atoms with van der Waals surface area (Å²) in [5, 5.41) is 3.12. The molecule has 6 heteroatoms. The maximum absolute atomic E-state index is 12.6. The Labute approximate surface area is 174 Å². The number of carbonyl (C=O) groups excluding carboxylic acids is 1. The van der Waals surface area contributed by atoms with E-state index < -0.39 is 5.79 Å². The molecule has 2 aliphatic heterocycles. The highest BCUT2D eigenvalue weighted by Gasteiger charge is 2.40. The van der Waals surface area contributed by atoms with Gasteiger partial charge in [-0.05, 0) is 36.2 Å². The number of nitrogens with one attached hydrogen (secondary N) is 1. The number of carbonyl (C=O) groups is 1. The third-order valence-electron chi connectivity index (χ3n) is 5.44. The van der Waals surface area contributed by atoms with Crippen molar-refractivity contribution in [3.05, 3.63) is 58.1 Å². The largest absolute Gasteiger partial charge is 0.369 e. The summed E-state index contributed by atoms with van der Waals surface area (Å²) in [6.45, 7) is 5.15. The first-order valence-electron chi connectivity index (χ1n) is 9.71. The van der Waals surface area contributed by atoms with E-state index in [4.69, 9.17) is 9.47 Å². The van der Waals surface area contributed by atoms with Gasteiger partial charge >= 0.3 is 0 Å². The second-order valence-corrected chi connectivity index (χ2v) is 8.33. The minimum atomic E-state index is -0.399. The highest BCUT2D eigenvalue weighted by atomic mass is 79.9. The second kappa shape index (κ2) is 8.23. The maximum atomic E-state index is 12.6. The number of aryl methyl sites for hydroxylation is 1. The number of amides is 1. The van der Waals surface area contributed by atoms with Crippen LogP contribution < -0.4 is 10.2 Å². The first-order chi connectivity index (χ1) is 13.5. The highest BCUT2D eigenvalue weighted by molar-refractivity contribution is 9.10. The molecule has 0 bridgehead atoms. The number of hydrogen-bond acceptors (Lipinski definition) is 4. The fraction of sp³-hybridized carbons (Fsp3) is 0.409. The fourth-order valence-corrected chi connectivity index (χ4v) is 4.28. The molecule has 0 unspecified atom stereocenters. The molecule has 1 amide bonds. The van der Waals surface area contributed by atoms with Crippen LogP contribution in [-0.2, 0) is 20.7 Å². The molecule has 4 rings (SSSR count).